The molecule has 0 atom stereocenters. The fraction of sp³-hybridized carbons (Fsp3) is 0.0769. The number of carbonyl (C=O) groups excluding carboxylic acids is 2. The van der Waals surface area contributed by atoms with Gasteiger partial charge in [-0.15, -0.1) is 0 Å². The van der Waals surface area contributed by atoms with Crippen molar-refractivity contribution in [3.8, 4) is 5.75 Å². The number of anilines is 2. The van der Waals surface area contributed by atoms with Crippen LogP contribution in [0.1, 0.15) is 15.9 Å². The lowest BCUT2D eigenvalue weighted by atomic mass is 10.1. The summed E-state index contributed by atoms with van der Waals surface area (Å²) in [5.74, 6) is -0.879. The van der Waals surface area contributed by atoms with Gasteiger partial charge in [-0.2, -0.15) is 8.42 Å². The highest BCUT2D eigenvalue weighted by Crippen LogP contribution is 2.26. The van der Waals surface area contributed by atoms with Crippen molar-refractivity contribution < 1.29 is 26.9 Å². The minimum Gasteiger partial charge on any atom is -0.465 e. The highest BCUT2D eigenvalue weighted by atomic mass is 32.2. The topological polar surface area (TPSA) is 111 Å². The number of nitrogens with one attached hydrogen (secondary N) is 2. The molecule has 8 nitrogen and oxygen atoms in total. The average molecular weight is 491 g/mol. The lowest BCUT2D eigenvalue weighted by Crippen LogP contribution is -2.21. The molecule has 0 bridgehead atoms. The Hall–Kier alpha value is -4.37. The zero-order valence-corrected chi connectivity index (χ0v) is 19.8. The van der Waals surface area contributed by atoms with Crippen molar-refractivity contribution in [3.63, 3.8) is 0 Å². The molecule has 0 saturated heterocycles. The van der Waals surface area contributed by atoms with Crippen molar-refractivity contribution in [1.29, 1.82) is 0 Å². The molecule has 4 aromatic carbocycles. The number of amides is 2. The van der Waals surface area contributed by atoms with Crippen LogP contribution in [0.4, 0.5) is 16.2 Å². The highest BCUT2D eigenvalue weighted by molar-refractivity contribution is 7.87. The monoisotopic (exact) mass is 490 g/mol. The molecule has 0 saturated carbocycles. The second-order valence-electron chi connectivity index (χ2n) is 7.69. The van der Waals surface area contributed by atoms with Gasteiger partial charge in [0, 0.05) is 5.69 Å². The van der Waals surface area contributed by atoms with E-state index >= 15 is 0 Å². The van der Waals surface area contributed by atoms with Crippen LogP contribution in [0.25, 0.3) is 10.8 Å². The van der Waals surface area contributed by atoms with Crippen LogP contribution in [-0.2, 0) is 14.9 Å². The van der Waals surface area contributed by atoms with E-state index in [1.54, 1.807) is 18.2 Å². The molecule has 178 valence electrons. The van der Waals surface area contributed by atoms with Gasteiger partial charge in [0.05, 0.1) is 18.4 Å². The van der Waals surface area contributed by atoms with Gasteiger partial charge in [-0.1, -0.05) is 48.0 Å². The Morgan fingerprint density at radius 1 is 0.800 bits per heavy atom. The number of carbonyl (C=O) groups is 2. The molecule has 0 aromatic heterocycles. The standard InChI is InChI=1S/C26H22N2O6S/c1-17-7-12-22(13-8-17)35(31,32)34-21-11-14-24(23(16-21)25(29)33-2)28-26(30)27-20-10-9-18-5-3-4-6-19(18)15-20/h3-16H,1-2H3,(H2,27,28,30). The molecular formula is C26H22N2O6S. The number of rotatable bonds is 6. The van der Waals surface area contributed by atoms with E-state index in [4.69, 9.17) is 8.92 Å². The molecular weight excluding hydrogens is 468 g/mol. The number of aryl methyl sites for hydroxylation is 1. The van der Waals surface area contributed by atoms with Crippen molar-refractivity contribution in [2.45, 2.75) is 11.8 Å². The maximum absolute atomic E-state index is 12.6. The van der Waals surface area contributed by atoms with Crippen molar-refractivity contribution in [2.24, 2.45) is 0 Å². The van der Waals surface area contributed by atoms with Crippen molar-refractivity contribution in [2.75, 3.05) is 17.7 Å². The first-order valence-corrected chi connectivity index (χ1v) is 12.0. The third-order valence-corrected chi connectivity index (χ3v) is 6.43. The average Bonchev–Trinajstić information content (AvgIpc) is 2.84. The zero-order chi connectivity index (χ0) is 25.0. The molecule has 0 aliphatic heterocycles. The van der Waals surface area contributed by atoms with Crippen LogP contribution >= 0.6 is 0 Å². The smallest absolute Gasteiger partial charge is 0.340 e. The lowest BCUT2D eigenvalue weighted by Gasteiger charge is -2.13. The number of hydrogen-bond acceptors (Lipinski definition) is 6. The number of methoxy groups -OCH3 is 1. The number of benzene rings is 4. The molecule has 9 heteroatoms. The van der Waals surface area contributed by atoms with E-state index in [0.29, 0.717) is 5.69 Å². The Labute approximate surface area is 202 Å². The lowest BCUT2D eigenvalue weighted by molar-refractivity contribution is 0.0601. The molecule has 0 unspecified atom stereocenters. The van der Waals surface area contributed by atoms with E-state index in [1.165, 1.54) is 37.4 Å². The Balaban J connectivity index is 1.54. The van der Waals surface area contributed by atoms with E-state index in [2.05, 4.69) is 10.6 Å². The van der Waals surface area contributed by atoms with Crippen LogP contribution < -0.4 is 14.8 Å². The van der Waals surface area contributed by atoms with E-state index in [1.807, 2.05) is 43.3 Å². The summed E-state index contributed by atoms with van der Waals surface area (Å²) in [5, 5.41) is 7.30. The van der Waals surface area contributed by atoms with Gasteiger partial charge in [0.15, 0.2) is 0 Å². The highest BCUT2D eigenvalue weighted by Gasteiger charge is 2.20. The summed E-state index contributed by atoms with van der Waals surface area (Å²) < 4.78 is 35.2. The maximum atomic E-state index is 12.6. The minimum absolute atomic E-state index is 0.0281. The maximum Gasteiger partial charge on any atom is 0.340 e. The van der Waals surface area contributed by atoms with E-state index < -0.39 is 22.1 Å². The van der Waals surface area contributed by atoms with E-state index in [0.717, 1.165) is 16.3 Å². The Bertz CT molecular complexity index is 1510. The van der Waals surface area contributed by atoms with Crippen molar-refractivity contribution >= 4 is 44.3 Å². The largest absolute Gasteiger partial charge is 0.465 e. The van der Waals surface area contributed by atoms with Crippen LogP contribution in [0, 0.1) is 6.92 Å². The number of urea groups is 1. The summed E-state index contributed by atoms with van der Waals surface area (Å²) >= 11 is 0. The molecule has 4 rings (SSSR count). The second kappa shape index (κ2) is 9.86. The van der Waals surface area contributed by atoms with Crippen LogP contribution in [-0.4, -0.2) is 27.5 Å². The second-order valence-corrected chi connectivity index (χ2v) is 9.24. The van der Waals surface area contributed by atoms with Crippen LogP contribution in [0.2, 0.25) is 0 Å². The summed E-state index contributed by atoms with van der Waals surface area (Å²) in [7, 11) is -2.95. The Morgan fingerprint density at radius 3 is 2.23 bits per heavy atom. The van der Waals surface area contributed by atoms with Crippen molar-refractivity contribution in [1.82, 2.24) is 0 Å². The summed E-state index contributed by atoms with van der Waals surface area (Å²) in [6.45, 7) is 1.84. The van der Waals surface area contributed by atoms with Crippen LogP contribution in [0.3, 0.4) is 0 Å². The molecule has 0 aliphatic rings. The normalized spacial score (nSPS) is 11.0. The number of hydrogen-bond donors (Lipinski definition) is 2. The summed E-state index contributed by atoms with van der Waals surface area (Å²) in [6, 6.07) is 22.6. The molecule has 0 fully saturated rings. The molecule has 2 N–H and O–H groups in total. The predicted octanol–water partition coefficient (Wildman–Crippen LogP) is 5.35. The molecule has 0 aliphatic carbocycles. The van der Waals surface area contributed by atoms with Crippen molar-refractivity contribution in [3.05, 3.63) is 96.1 Å². The first-order valence-electron chi connectivity index (χ1n) is 10.6. The molecule has 0 radical (unpaired) electrons. The Morgan fingerprint density at radius 2 is 1.51 bits per heavy atom. The summed E-state index contributed by atoms with van der Waals surface area (Å²) in [4.78, 5) is 24.9. The molecule has 2 amide bonds. The van der Waals surface area contributed by atoms with Gasteiger partial charge in [0.1, 0.15) is 10.6 Å². The van der Waals surface area contributed by atoms with Gasteiger partial charge < -0.3 is 19.6 Å². The van der Waals surface area contributed by atoms with E-state index in [9.17, 15) is 18.0 Å². The first-order chi connectivity index (χ1) is 16.7. The fourth-order valence-electron chi connectivity index (χ4n) is 3.39. The predicted molar refractivity (Wildman–Crippen MR) is 133 cm³/mol. The van der Waals surface area contributed by atoms with Gasteiger partial charge in [0.2, 0.25) is 0 Å². The van der Waals surface area contributed by atoms with Gasteiger partial charge in [-0.25, -0.2) is 9.59 Å². The minimum atomic E-state index is -4.13. The van der Waals surface area contributed by atoms with Gasteiger partial charge in [-0.05, 0) is 60.2 Å². The SMILES string of the molecule is COC(=O)c1cc(OS(=O)(=O)c2ccc(C)cc2)ccc1NC(=O)Nc1ccc2ccccc2c1. The summed E-state index contributed by atoms with van der Waals surface area (Å²) in [6.07, 6.45) is 0. The number of ether oxygens (including phenoxy) is 1. The van der Waals surface area contributed by atoms with Gasteiger partial charge in [0.25, 0.3) is 0 Å². The molecule has 35 heavy (non-hydrogen) atoms. The number of fused-ring (bicyclic) bond motifs is 1. The third-order valence-electron chi connectivity index (χ3n) is 5.17. The third kappa shape index (κ3) is 5.59. The van der Waals surface area contributed by atoms with Gasteiger partial charge in [-0.3, -0.25) is 0 Å². The quantitative estimate of drug-likeness (QED) is 0.279. The fourth-order valence-corrected chi connectivity index (χ4v) is 4.32. The number of esters is 1. The summed E-state index contributed by atoms with van der Waals surface area (Å²) in [5.41, 5.74) is 1.51. The zero-order valence-electron chi connectivity index (χ0n) is 18.9. The van der Waals surface area contributed by atoms with Crippen LogP contribution in [0.5, 0.6) is 5.75 Å². The molecule has 0 heterocycles. The Kier molecular flexibility index (Phi) is 6.70. The first kappa shape index (κ1) is 23.8. The van der Waals surface area contributed by atoms with Gasteiger partial charge >= 0.3 is 22.1 Å². The van der Waals surface area contributed by atoms with E-state index in [-0.39, 0.29) is 21.9 Å². The molecule has 4 aromatic rings. The van der Waals surface area contributed by atoms with Crippen LogP contribution in [0.15, 0.2) is 89.8 Å². The molecule has 0 spiro atoms.